The second-order valence-corrected chi connectivity index (χ2v) is 5.13. The van der Waals surface area contributed by atoms with Crippen LogP contribution >= 0.6 is 11.3 Å². The molecule has 0 radical (unpaired) electrons. The van der Waals surface area contributed by atoms with Gasteiger partial charge in [0.1, 0.15) is 5.82 Å². The van der Waals surface area contributed by atoms with Crippen LogP contribution in [0.2, 0.25) is 0 Å². The van der Waals surface area contributed by atoms with Gasteiger partial charge in [-0.15, -0.1) is 0 Å². The van der Waals surface area contributed by atoms with Gasteiger partial charge in [0.25, 0.3) is 0 Å². The summed E-state index contributed by atoms with van der Waals surface area (Å²) in [6.45, 7) is 1.24. The highest BCUT2D eigenvalue weighted by molar-refractivity contribution is 7.07. The first-order valence-corrected chi connectivity index (χ1v) is 7.13. The zero-order valence-electron chi connectivity index (χ0n) is 10.8. The molecule has 4 nitrogen and oxygen atoms in total. The van der Waals surface area contributed by atoms with Crippen LogP contribution in [-0.2, 0) is 13.0 Å². The lowest BCUT2D eigenvalue weighted by Crippen LogP contribution is -2.18. The minimum Gasteiger partial charge on any atom is -0.409 e. The van der Waals surface area contributed by atoms with Crippen LogP contribution in [0.3, 0.4) is 0 Å². The normalized spacial score (nSPS) is 11.8. The Balaban J connectivity index is 1.87. The molecule has 0 atom stereocenters. The SMILES string of the molecule is NC(=NO)c1ccc(CNCCc2ccsc2)c(F)c1. The summed E-state index contributed by atoms with van der Waals surface area (Å²) in [7, 11) is 0. The maximum atomic E-state index is 13.8. The molecule has 1 aromatic carbocycles. The highest BCUT2D eigenvalue weighted by atomic mass is 32.1. The lowest BCUT2D eigenvalue weighted by molar-refractivity contribution is 0.318. The molecule has 2 aromatic rings. The summed E-state index contributed by atoms with van der Waals surface area (Å²) < 4.78 is 13.8. The zero-order valence-corrected chi connectivity index (χ0v) is 11.7. The van der Waals surface area contributed by atoms with E-state index in [1.165, 1.54) is 11.6 Å². The Labute approximate surface area is 120 Å². The van der Waals surface area contributed by atoms with Crippen molar-refractivity contribution in [3.8, 4) is 0 Å². The third-order valence-corrected chi connectivity index (χ3v) is 3.67. The molecule has 0 fully saturated rings. The molecule has 6 heteroatoms. The first kappa shape index (κ1) is 14.5. The number of thiophene rings is 1. The van der Waals surface area contributed by atoms with E-state index < -0.39 is 0 Å². The summed E-state index contributed by atoms with van der Waals surface area (Å²) in [6.07, 6.45) is 0.924. The van der Waals surface area contributed by atoms with Crippen molar-refractivity contribution in [3.63, 3.8) is 0 Å². The maximum Gasteiger partial charge on any atom is 0.170 e. The summed E-state index contributed by atoms with van der Waals surface area (Å²) in [4.78, 5) is 0. The number of hydrogen-bond acceptors (Lipinski definition) is 4. The fourth-order valence-electron chi connectivity index (χ4n) is 1.80. The fraction of sp³-hybridized carbons (Fsp3) is 0.214. The molecule has 0 aliphatic carbocycles. The molecule has 20 heavy (non-hydrogen) atoms. The van der Waals surface area contributed by atoms with E-state index >= 15 is 0 Å². The molecule has 1 aromatic heterocycles. The van der Waals surface area contributed by atoms with E-state index in [1.54, 1.807) is 23.5 Å². The van der Waals surface area contributed by atoms with Gasteiger partial charge < -0.3 is 16.3 Å². The predicted molar refractivity (Wildman–Crippen MR) is 78.6 cm³/mol. The Bertz CT molecular complexity index is 584. The van der Waals surface area contributed by atoms with Crippen molar-refractivity contribution >= 4 is 17.2 Å². The monoisotopic (exact) mass is 293 g/mol. The van der Waals surface area contributed by atoms with Crippen molar-refractivity contribution < 1.29 is 9.60 Å². The van der Waals surface area contributed by atoms with Crippen LogP contribution in [0, 0.1) is 5.82 Å². The Morgan fingerprint density at radius 1 is 1.40 bits per heavy atom. The lowest BCUT2D eigenvalue weighted by Gasteiger charge is -2.07. The maximum absolute atomic E-state index is 13.8. The van der Waals surface area contributed by atoms with Gasteiger partial charge in [-0.2, -0.15) is 11.3 Å². The largest absolute Gasteiger partial charge is 0.409 e. The second kappa shape index (κ2) is 7.02. The van der Waals surface area contributed by atoms with Crippen LogP contribution in [0.5, 0.6) is 0 Å². The second-order valence-electron chi connectivity index (χ2n) is 4.35. The van der Waals surface area contributed by atoms with Crippen LogP contribution in [0.4, 0.5) is 4.39 Å². The molecule has 0 saturated carbocycles. The number of nitrogens with two attached hydrogens (primary N) is 1. The van der Waals surface area contributed by atoms with Crippen LogP contribution < -0.4 is 11.1 Å². The molecule has 0 aliphatic rings. The summed E-state index contributed by atoms with van der Waals surface area (Å²) in [6, 6.07) is 6.62. The molecular weight excluding hydrogens is 277 g/mol. The van der Waals surface area contributed by atoms with Crippen molar-refractivity contribution in [3.05, 3.63) is 57.5 Å². The van der Waals surface area contributed by atoms with E-state index in [2.05, 4.69) is 21.9 Å². The third kappa shape index (κ3) is 3.79. The van der Waals surface area contributed by atoms with E-state index in [9.17, 15) is 4.39 Å². The molecular formula is C14H16FN3OS. The van der Waals surface area contributed by atoms with E-state index in [-0.39, 0.29) is 11.7 Å². The summed E-state index contributed by atoms with van der Waals surface area (Å²) in [5.74, 6) is -0.460. The van der Waals surface area contributed by atoms with Crippen molar-refractivity contribution in [1.82, 2.24) is 5.32 Å². The van der Waals surface area contributed by atoms with E-state index in [1.807, 2.05) is 5.38 Å². The van der Waals surface area contributed by atoms with Crippen molar-refractivity contribution in [2.45, 2.75) is 13.0 Å². The van der Waals surface area contributed by atoms with Gasteiger partial charge in [0, 0.05) is 17.7 Å². The molecule has 0 spiro atoms. The summed E-state index contributed by atoms with van der Waals surface area (Å²) in [5.41, 5.74) is 7.62. The van der Waals surface area contributed by atoms with Gasteiger partial charge in [-0.1, -0.05) is 17.3 Å². The highest BCUT2D eigenvalue weighted by Crippen LogP contribution is 2.11. The van der Waals surface area contributed by atoms with Gasteiger partial charge in [0.05, 0.1) is 0 Å². The first-order valence-electron chi connectivity index (χ1n) is 6.19. The number of amidine groups is 1. The number of oxime groups is 1. The quantitative estimate of drug-likeness (QED) is 0.252. The predicted octanol–water partition coefficient (Wildman–Crippen LogP) is 2.31. The number of halogens is 1. The Kier molecular flexibility index (Phi) is 5.09. The summed E-state index contributed by atoms with van der Waals surface area (Å²) in [5, 5.41) is 18.7. The van der Waals surface area contributed by atoms with Gasteiger partial charge >= 0.3 is 0 Å². The minimum atomic E-state index is -0.364. The highest BCUT2D eigenvalue weighted by Gasteiger charge is 2.06. The standard InChI is InChI=1S/C14H16FN3OS/c15-13-7-11(14(16)18-19)1-2-12(13)8-17-5-3-10-4-6-20-9-10/h1-2,4,6-7,9,17,19H,3,5,8H2,(H2,16,18). The van der Waals surface area contributed by atoms with E-state index in [0.29, 0.717) is 17.7 Å². The molecule has 106 valence electrons. The third-order valence-electron chi connectivity index (χ3n) is 2.94. The Morgan fingerprint density at radius 2 is 2.25 bits per heavy atom. The number of nitrogens with one attached hydrogen (secondary N) is 1. The van der Waals surface area contributed by atoms with Gasteiger partial charge in [0.15, 0.2) is 5.84 Å². The van der Waals surface area contributed by atoms with Gasteiger partial charge in [0.2, 0.25) is 0 Å². The number of nitrogens with zero attached hydrogens (tertiary/aromatic N) is 1. The minimum absolute atomic E-state index is 0.0964. The van der Waals surface area contributed by atoms with Crippen molar-refractivity contribution in [2.75, 3.05) is 6.54 Å². The average molecular weight is 293 g/mol. The van der Waals surface area contributed by atoms with Crippen molar-refractivity contribution in [2.24, 2.45) is 10.9 Å². The van der Waals surface area contributed by atoms with E-state index in [0.717, 1.165) is 13.0 Å². The molecule has 0 amide bonds. The molecule has 0 unspecified atom stereocenters. The molecule has 2 rings (SSSR count). The molecule has 0 saturated heterocycles. The van der Waals surface area contributed by atoms with Crippen molar-refractivity contribution in [1.29, 1.82) is 0 Å². The lowest BCUT2D eigenvalue weighted by atomic mass is 10.1. The zero-order chi connectivity index (χ0) is 14.4. The number of hydrogen-bond donors (Lipinski definition) is 3. The fourth-order valence-corrected chi connectivity index (χ4v) is 2.50. The Morgan fingerprint density at radius 3 is 2.90 bits per heavy atom. The number of rotatable bonds is 6. The first-order chi connectivity index (χ1) is 9.70. The van der Waals surface area contributed by atoms with Crippen LogP contribution in [0.15, 0.2) is 40.2 Å². The van der Waals surface area contributed by atoms with Crippen LogP contribution in [0.25, 0.3) is 0 Å². The Hall–Kier alpha value is -1.92. The van der Waals surface area contributed by atoms with Crippen LogP contribution in [0.1, 0.15) is 16.7 Å². The molecule has 1 heterocycles. The molecule has 4 N–H and O–H groups in total. The molecule has 0 bridgehead atoms. The number of benzene rings is 1. The van der Waals surface area contributed by atoms with Gasteiger partial charge in [-0.05, 0) is 41.4 Å². The molecule has 0 aliphatic heterocycles. The van der Waals surface area contributed by atoms with Crippen LogP contribution in [-0.4, -0.2) is 17.6 Å². The smallest absolute Gasteiger partial charge is 0.170 e. The topological polar surface area (TPSA) is 70.6 Å². The average Bonchev–Trinajstić information content (AvgIpc) is 2.97. The summed E-state index contributed by atoms with van der Waals surface area (Å²) >= 11 is 1.67. The van der Waals surface area contributed by atoms with Gasteiger partial charge in [-0.3, -0.25) is 0 Å². The van der Waals surface area contributed by atoms with E-state index in [4.69, 9.17) is 10.9 Å². The van der Waals surface area contributed by atoms with Gasteiger partial charge in [-0.25, -0.2) is 4.39 Å².